The Kier molecular flexibility index (Phi) is 6.69. The molecule has 2 N–H and O–H groups in total. The molecule has 0 bridgehead atoms. The minimum atomic E-state index is -0.381. The van der Waals surface area contributed by atoms with E-state index in [1.807, 2.05) is 24.3 Å². The lowest BCUT2D eigenvalue weighted by atomic mass is 10.0. The lowest BCUT2D eigenvalue weighted by molar-refractivity contribution is 0.128. The van der Waals surface area contributed by atoms with Crippen LogP contribution in [0.3, 0.4) is 0 Å². The van der Waals surface area contributed by atoms with Crippen LogP contribution < -0.4 is 5.32 Å². The van der Waals surface area contributed by atoms with Gasteiger partial charge in [0.1, 0.15) is 0 Å². The van der Waals surface area contributed by atoms with Crippen molar-refractivity contribution in [3.63, 3.8) is 0 Å². The van der Waals surface area contributed by atoms with Gasteiger partial charge in [-0.3, -0.25) is 0 Å². The van der Waals surface area contributed by atoms with Crippen LogP contribution in [0.5, 0.6) is 0 Å². The first-order valence-electron chi connectivity index (χ1n) is 7.99. The van der Waals surface area contributed by atoms with E-state index in [4.69, 9.17) is 16.3 Å². The maximum absolute atomic E-state index is 12.5. The molecule has 1 aromatic rings. The minimum Gasteiger partial charge on any atom is -0.393 e. The topological polar surface area (TPSA) is 61.8 Å². The molecule has 3 atom stereocenters. The van der Waals surface area contributed by atoms with Gasteiger partial charge >= 0.3 is 6.03 Å². The second-order valence-electron chi connectivity index (χ2n) is 6.07. The van der Waals surface area contributed by atoms with Gasteiger partial charge < -0.3 is 20.1 Å². The molecule has 1 fully saturated rings. The molecule has 2 rings (SSSR count). The summed E-state index contributed by atoms with van der Waals surface area (Å²) in [4.78, 5) is 14.3. The summed E-state index contributed by atoms with van der Waals surface area (Å²) in [5, 5.41) is 13.4. The molecule has 0 aromatic heterocycles. The van der Waals surface area contributed by atoms with Crippen LogP contribution in [0, 0.1) is 5.92 Å². The smallest absolute Gasteiger partial charge is 0.317 e. The molecule has 1 aliphatic rings. The van der Waals surface area contributed by atoms with Crippen LogP contribution in [-0.2, 0) is 4.74 Å². The van der Waals surface area contributed by atoms with Gasteiger partial charge in [0.25, 0.3) is 0 Å². The van der Waals surface area contributed by atoms with Crippen molar-refractivity contribution in [2.75, 3.05) is 26.8 Å². The van der Waals surface area contributed by atoms with Crippen molar-refractivity contribution < 1.29 is 14.6 Å². The number of carbonyl (C=O) groups excluding carboxylic acids is 1. The Morgan fingerprint density at radius 1 is 1.48 bits per heavy atom. The van der Waals surface area contributed by atoms with Crippen LogP contribution in [0.2, 0.25) is 5.02 Å². The number of aliphatic hydroxyl groups is 1. The molecule has 6 heteroatoms. The number of rotatable bonds is 6. The summed E-state index contributed by atoms with van der Waals surface area (Å²) < 4.78 is 5.15. The number of urea groups is 1. The fourth-order valence-electron chi connectivity index (χ4n) is 2.86. The quantitative estimate of drug-likeness (QED) is 0.837. The Balaban J connectivity index is 2.00. The highest BCUT2D eigenvalue weighted by Gasteiger charge is 2.30. The van der Waals surface area contributed by atoms with Crippen LogP contribution in [0.4, 0.5) is 4.79 Å². The van der Waals surface area contributed by atoms with E-state index in [0.717, 1.165) is 12.0 Å². The Hall–Kier alpha value is -1.30. The van der Waals surface area contributed by atoms with Crippen molar-refractivity contribution in [2.45, 2.75) is 31.9 Å². The molecule has 1 heterocycles. The number of benzene rings is 1. The SMILES string of the molecule is COCC[C@H](NC(=O)N1CC[C@@H]([C@H](C)O)C1)c1ccc(Cl)cc1. The number of likely N-dealkylation sites (tertiary alicyclic amines) is 1. The van der Waals surface area contributed by atoms with Gasteiger partial charge in [0, 0.05) is 37.7 Å². The highest BCUT2D eigenvalue weighted by Crippen LogP contribution is 2.23. The summed E-state index contributed by atoms with van der Waals surface area (Å²) in [5.41, 5.74) is 1.01. The van der Waals surface area contributed by atoms with Gasteiger partial charge in [-0.1, -0.05) is 23.7 Å². The fourth-order valence-corrected chi connectivity index (χ4v) is 2.98. The maximum atomic E-state index is 12.5. The zero-order chi connectivity index (χ0) is 16.8. The summed E-state index contributed by atoms with van der Waals surface area (Å²) in [7, 11) is 1.65. The number of amides is 2. The molecule has 1 saturated heterocycles. The van der Waals surface area contributed by atoms with Crippen LogP contribution >= 0.6 is 11.6 Å². The van der Waals surface area contributed by atoms with E-state index in [-0.39, 0.29) is 24.1 Å². The molecule has 5 nitrogen and oxygen atoms in total. The number of ether oxygens (including phenoxy) is 1. The van der Waals surface area contributed by atoms with Crippen molar-refractivity contribution in [3.8, 4) is 0 Å². The molecular weight excluding hydrogens is 316 g/mol. The Morgan fingerprint density at radius 3 is 2.74 bits per heavy atom. The number of halogens is 1. The molecule has 2 amide bonds. The van der Waals surface area contributed by atoms with Gasteiger partial charge in [0.05, 0.1) is 12.1 Å². The third-order valence-electron chi connectivity index (χ3n) is 4.37. The highest BCUT2D eigenvalue weighted by atomic mass is 35.5. The van der Waals surface area contributed by atoms with E-state index < -0.39 is 0 Å². The number of aliphatic hydroxyl groups excluding tert-OH is 1. The number of nitrogens with one attached hydrogen (secondary N) is 1. The van der Waals surface area contributed by atoms with Crippen LogP contribution in [-0.4, -0.2) is 48.9 Å². The molecule has 1 aliphatic heterocycles. The summed E-state index contributed by atoms with van der Waals surface area (Å²) >= 11 is 5.93. The first-order valence-corrected chi connectivity index (χ1v) is 8.37. The zero-order valence-corrected chi connectivity index (χ0v) is 14.4. The summed E-state index contributed by atoms with van der Waals surface area (Å²) in [6.45, 7) is 3.62. The number of hydrogen-bond acceptors (Lipinski definition) is 3. The standard InChI is InChI=1S/C17H25ClN2O3/c1-12(21)14-7-9-20(11-14)17(22)19-16(8-10-23-2)13-3-5-15(18)6-4-13/h3-6,12,14,16,21H,7-11H2,1-2H3,(H,19,22)/t12-,14+,16-/m0/s1. The lowest BCUT2D eigenvalue weighted by Crippen LogP contribution is -2.41. The van der Waals surface area contributed by atoms with Gasteiger partial charge in [-0.05, 0) is 37.5 Å². The third-order valence-corrected chi connectivity index (χ3v) is 4.63. The summed E-state index contributed by atoms with van der Waals surface area (Å²) in [5.74, 6) is 0.161. The van der Waals surface area contributed by atoms with E-state index in [1.165, 1.54) is 0 Å². The predicted octanol–water partition coefficient (Wildman–Crippen LogP) is 2.83. The molecule has 1 aromatic carbocycles. The van der Waals surface area contributed by atoms with Crippen molar-refractivity contribution in [2.24, 2.45) is 5.92 Å². The van der Waals surface area contributed by atoms with Crippen LogP contribution in [0.15, 0.2) is 24.3 Å². The third kappa shape index (κ3) is 5.09. The zero-order valence-electron chi connectivity index (χ0n) is 13.7. The Bertz CT molecular complexity index is 507. The van der Waals surface area contributed by atoms with Gasteiger partial charge in [0.15, 0.2) is 0 Å². The molecule has 128 valence electrons. The van der Waals surface area contributed by atoms with Crippen LogP contribution in [0.25, 0.3) is 0 Å². The molecular formula is C17H25ClN2O3. The minimum absolute atomic E-state index is 0.0933. The van der Waals surface area contributed by atoms with Crippen molar-refractivity contribution in [1.82, 2.24) is 10.2 Å². The van der Waals surface area contributed by atoms with E-state index in [0.29, 0.717) is 31.1 Å². The summed E-state index contributed by atoms with van der Waals surface area (Å²) in [6, 6.07) is 7.27. The van der Waals surface area contributed by atoms with E-state index in [2.05, 4.69) is 5.32 Å². The predicted molar refractivity (Wildman–Crippen MR) is 90.6 cm³/mol. The number of methoxy groups -OCH3 is 1. The van der Waals surface area contributed by atoms with Gasteiger partial charge in [-0.2, -0.15) is 0 Å². The van der Waals surface area contributed by atoms with Crippen molar-refractivity contribution >= 4 is 17.6 Å². The van der Waals surface area contributed by atoms with E-state index >= 15 is 0 Å². The van der Waals surface area contributed by atoms with E-state index in [9.17, 15) is 9.90 Å². The average Bonchev–Trinajstić information content (AvgIpc) is 3.02. The largest absolute Gasteiger partial charge is 0.393 e. The van der Waals surface area contributed by atoms with Gasteiger partial charge in [-0.15, -0.1) is 0 Å². The summed E-state index contributed by atoms with van der Waals surface area (Å²) in [6.07, 6.45) is 1.15. The number of hydrogen-bond donors (Lipinski definition) is 2. The molecule has 0 aliphatic carbocycles. The van der Waals surface area contributed by atoms with Crippen molar-refractivity contribution in [3.05, 3.63) is 34.9 Å². The first kappa shape index (κ1) is 18.0. The monoisotopic (exact) mass is 340 g/mol. The van der Waals surface area contributed by atoms with Crippen molar-refractivity contribution in [1.29, 1.82) is 0 Å². The molecule has 0 spiro atoms. The molecule has 0 unspecified atom stereocenters. The Labute approximate surface area is 142 Å². The van der Waals surface area contributed by atoms with Crippen LogP contribution in [0.1, 0.15) is 31.4 Å². The Morgan fingerprint density at radius 2 is 2.17 bits per heavy atom. The second kappa shape index (κ2) is 8.52. The molecule has 23 heavy (non-hydrogen) atoms. The second-order valence-corrected chi connectivity index (χ2v) is 6.51. The van der Waals surface area contributed by atoms with Gasteiger partial charge in [-0.25, -0.2) is 4.79 Å². The number of carbonyl (C=O) groups is 1. The molecule has 0 radical (unpaired) electrons. The highest BCUT2D eigenvalue weighted by molar-refractivity contribution is 6.30. The van der Waals surface area contributed by atoms with E-state index in [1.54, 1.807) is 18.9 Å². The maximum Gasteiger partial charge on any atom is 0.317 e. The fraction of sp³-hybridized carbons (Fsp3) is 0.588. The molecule has 0 saturated carbocycles. The normalized spacial score (nSPS) is 20.3. The lowest BCUT2D eigenvalue weighted by Gasteiger charge is -2.24. The average molecular weight is 341 g/mol. The van der Waals surface area contributed by atoms with Gasteiger partial charge in [0.2, 0.25) is 0 Å². The number of nitrogens with zero attached hydrogens (tertiary/aromatic N) is 1. The first-order chi connectivity index (χ1) is 11.0.